The molecule has 1 heterocycles. The molecule has 2 rings (SSSR count). The van der Waals surface area contributed by atoms with Crippen molar-refractivity contribution in [3.8, 4) is 0 Å². The molecule has 2 aliphatic rings. The van der Waals surface area contributed by atoms with Crippen LogP contribution in [0.1, 0.15) is 39.5 Å². The van der Waals surface area contributed by atoms with Crippen molar-refractivity contribution in [2.45, 2.75) is 45.6 Å². The first-order chi connectivity index (χ1) is 7.72. The topological polar surface area (TPSA) is 40.4 Å². The van der Waals surface area contributed by atoms with Gasteiger partial charge < -0.3 is 4.74 Å². The summed E-state index contributed by atoms with van der Waals surface area (Å²) in [6, 6.07) is 0.399. The van der Waals surface area contributed by atoms with Crippen molar-refractivity contribution in [2.75, 3.05) is 13.2 Å². The zero-order chi connectivity index (χ0) is 11.5. The van der Waals surface area contributed by atoms with Gasteiger partial charge in [0.25, 0.3) is 0 Å². The van der Waals surface area contributed by atoms with Crippen LogP contribution in [-0.4, -0.2) is 25.2 Å². The summed E-state index contributed by atoms with van der Waals surface area (Å²) in [6.45, 7) is 5.50. The van der Waals surface area contributed by atoms with Gasteiger partial charge in [-0.25, -0.2) is 5.32 Å². The predicted octanol–water partition coefficient (Wildman–Crippen LogP) is 1.98. The van der Waals surface area contributed by atoms with Crippen LogP contribution in [0.3, 0.4) is 0 Å². The molecule has 0 aromatic carbocycles. The Kier molecular flexibility index (Phi) is 3.85. The number of carbonyl (C=O) groups is 1. The summed E-state index contributed by atoms with van der Waals surface area (Å²) in [6.07, 6.45) is 4.51. The van der Waals surface area contributed by atoms with Gasteiger partial charge in [-0.3, -0.25) is 4.79 Å². The number of piperidine rings is 1. The average molecular weight is 224 g/mol. The molecule has 3 unspecified atom stereocenters. The van der Waals surface area contributed by atoms with Crippen molar-refractivity contribution in [1.29, 1.82) is 0 Å². The summed E-state index contributed by atoms with van der Waals surface area (Å²) in [5.74, 6) is 1.63. The maximum absolute atomic E-state index is 11.7. The lowest BCUT2D eigenvalue weighted by molar-refractivity contribution is -0.149. The molecule has 1 saturated carbocycles. The third kappa shape index (κ3) is 2.76. The van der Waals surface area contributed by atoms with Gasteiger partial charge >= 0.3 is 5.97 Å². The molecule has 1 aliphatic carbocycles. The van der Waals surface area contributed by atoms with E-state index in [4.69, 9.17) is 4.74 Å². The standard InChI is InChI=1S/C13H22NO2/c1-3-16-13(15)11-6-7-14-12(8-11)9(2)10-4-5-10/h9-12H,3-8H2,1-2H3. The van der Waals surface area contributed by atoms with Crippen molar-refractivity contribution in [3.63, 3.8) is 0 Å². The van der Waals surface area contributed by atoms with E-state index in [0.29, 0.717) is 18.6 Å². The van der Waals surface area contributed by atoms with E-state index >= 15 is 0 Å². The maximum Gasteiger partial charge on any atom is 0.309 e. The Bertz CT molecular complexity index is 250. The van der Waals surface area contributed by atoms with E-state index in [1.54, 1.807) is 0 Å². The lowest BCUT2D eigenvalue weighted by atomic mass is 9.84. The molecule has 1 saturated heterocycles. The van der Waals surface area contributed by atoms with Gasteiger partial charge in [0.15, 0.2) is 0 Å². The summed E-state index contributed by atoms with van der Waals surface area (Å²) in [5, 5.41) is 4.68. The van der Waals surface area contributed by atoms with E-state index < -0.39 is 0 Å². The van der Waals surface area contributed by atoms with Crippen LogP contribution >= 0.6 is 0 Å². The van der Waals surface area contributed by atoms with E-state index in [-0.39, 0.29) is 11.9 Å². The van der Waals surface area contributed by atoms with E-state index in [0.717, 1.165) is 25.3 Å². The van der Waals surface area contributed by atoms with E-state index in [2.05, 4.69) is 12.2 Å². The smallest absolute Gasteiger partial charge is 0.309 e. The quantitative estimate of drug-likeness (QED) is 0.685. The predicted molar refractivity (Wildman–Crippen MR) is 62.0 cm³/mol. The molecule has 0 bridgehead atoms. The fourth-order valence-corrected chi connectivity index (χ4v) is 2.67. The Balaban J connectivity index is 1.85. The molecule has 3 heteroatoms. The molecule has 16 heavy (non-hydrogen) atoms. The van der Waals surface area contributed by atoms with Crippen LogP contribution in [0.5, 0.6) is 0 Å². The molecule has 0 amide bonds. The summed E-state index contributed by atoms with van der Waals surface area (Å²) in [4.78, 5) is 11.7. The van der Waals surface area contributed by atoms with Crippen molar-refractivity contribution in [3.05, 3.63) is 0 Å². The molecule has 0 aromatic heterocycles. The minimum absolute atomic E-state index is 0.00889. The second kappa shape index (κ2) is 5.17. The number of hydrogen-bond acceptors (Lipinski definition) is 2. The number of nitrogens with zero attached hydrogens (tertiary/aromatic N) is 1. The lowest BCUT2D eigenvalue weighted by Crippen LogP contribution is -2.40. The largest absolute Gasteiger partial charge is 0.466 e. The molecular weight excluding hydrogens is 202 g/mol. The van der Waals surface area contributed by atoms with Crippen LogP contribution < -0.4 is 5.32 Å². The van der Waals surface area contributed by atoms with E-state index in [1.165, 1.54) is 12.8 Å². The van der Waals surface area contributed by atoms with Gasteiger partial charge in [-0.1, -0.05) is 6.92 Å². The first kappa shape index (κ1) is 11.9. The summed E-state index contributed by atoms with van der Waals surface area (Å²) < 4.78 is 5.10. The van der Waals surface area contributed by atoms with Crippen molar-refractivity contribution in [1.82, 2.24) is 5.32 Å². The normalized spacial score (nSPS) is 32.1. The van der Waals surface area contributed by atoms with Crippen molar-refractivity contribution >= 4 is 5.97 Å². The van der Waals surface area contributed by atoms with E-state index in [1.807, 2.05) is 6.92 Å². The van der Waals surface area contributed by atoms with Crippen LogP contribution in [0.15, 0.2) is 0 Å². The lowest BCUT2D eigenvalue weighted by Gasteiger charge is -2.31. The molecule has 0 N–H and O–H groups in total. The molecular formula is C13H22NO2. The number of hydrogen-bond donors (Lipinski definition) is 0. The van der Waals surface area contributed by atoms with Crippen LogP contribution in [0.4, 0.5) is 0 Å². The minimum atomic E-state index is -0.00889. The fourth-order valence-electron chi connectivity index (χ4n) is 2.67. The van der Waals surface area contributed by atoms with Crippen LogP contribution in [0.2, 0.25) is 0 Å². The Morgan fingerprint density at radius 2 is 2.19 bits per heavy atom. The number of ether oxygens (including phenoxy) is 1. The van der Waals surface area contributed by atoms with Gasteiger partial charge in [0.1, 0.15) is 0 Å². The molecule has 3 atom stereocenters. The number of rotatable bonds is 4. The highest BCUT2D eigenvalue weighted by molar-refractivity contribution is 5.72. The maximum atomic E-state index is 11.7. The van der Waals surface area contributed by atoms with Gasteiger partial charge in [-0.2, -0.15) is 0 Å². The summed E-state index contributed by atoms with van der Waals surface area (Å²) >= 11 is 0. The molecule has 2 fully saturated rings. The summed E-state index contributed by atoms with van der Waals surface area (Å²) in [7, 11) is 0. The Morgan fingerprint density at radius 1 is 1.44 bits per heavy atom. The first-order valence-electron chi connectivity index (χ1n) is 6.55. The highest BCUT2D eigenvalue weighted by atomic mass is 16.5. The SMILES string of the molecule is CCOC(=O)C1CC[N]C(C(C)C2CC2)C1. The monoisotopic (exact) mass is 224 g/mol. The van der Waals surface area contributed by atoms with Crippen LogP contribution in [0.25, 0.3) is 0 Å². The Hall–Kier alpha value is -0.570. The van der Waals surface area contributed by atoms with Crippen LogP contribution in [-0.2, 0) is 9.53 Å². The number of carbonyl (C=O) groups excluding carboxylic acids is 1. The highest BCUT2D eigenvalue weighted by Crippen LogP contribution is 2.40. The minimum Gasteiger partial charge on any atom is -0.466 e. The van der Waals surface area contributed by atoms with Crippen molar-refractivity contribution in [2.24, 2.45) is 17.8 Å². The summed E-state index contributed by atoms with van der Waals surface area (Å²) in [5.41, 5.74) is 0. The van der Waals surface area contributed by atoms with Gasteiger partial charge in [0.2, 0.25) is 0 Å². The second-order valence-electron chi connectivity index (χ2n) is 5.14. The highest BCUT2D eigenvalue weighted by Gasteiger charge is 2.38. The molecule has 0 aromatic rings. The second-order valence-corrected chi connectivity index (χ2v) is 5.14. The fraction of sp³-hybridized carbons (Fsp3) is 0.923. The van der Waals surface area contributed by atoms with Gasteiger partial charge in [0.05, 0.1) is 12.5 Å². The van der Waals surface area contributed by atoms with Gasteiger partial charge in [-0.05, 0) is 44.4 Å². The third-order valence-electron chi connectivity index (χ3n) is 3.96. The van der Waals surface area contributed by atoms with Gasteiger partial charge in [-0.15, -0.1) is 0 Å². The zero-order valence-corrected chi connectivity index (χ0v) is 10.3. The molecule has 3 nitrogen and oxygen atoms in total. The zero-order valence-electron chi connectivity index (χ0n) is 10.3. The van der Waals surface area contributed by atoms with Crippen molar-refractivity contribution < 1.29 is 9.53 Å². The average Bonchev–Trinajstić information content (AvgIpc) is 3.12. The molecule has 1 radical (unpaired) electrons. The van der Waals surface area contributed by atoms with Gasteiger partial charge in [0, 0.05) is 12.6 Å². The third-order valence-corrected chi connectivity index (χ3v) is 3.96. The number of esters is 1. The molecule has 91 valence electrons. The molecule has 0 spiro atoms. The van der Waals surface area contributed by atoms with E-state index in [9.17, 15) is 4.79 Å². The first-order valence-corrected chi connectivity index (χ1v) is 6.55. The molecule has 1 aliphatic heterocycles. The Labute approximate surface area is 97.9 Å². The van der Waals surface area contributed by atoms with Crippen LogP contribution in [0, 0.1) is 17.8 Å². The Morgan fingerprint density at radius 3 is 2.81 bits per heavy atom.